The van der Waals surface area contributed by atoms with Crippen molar-refractivity contribution in [2.24, 2.45) is 0 Å². The number of thiophene rings is 1. The number of nitrogens with one attached hydrogen (secondary N) is 4. The van der Waals surface area contributed by atoms with Gasteiger partial charge in [-0.1, -0.05) is 60.7 Å². The van der Waals surface area contributed by atoms with Gasteiger partial charge in [-0.3, -0.25) is 19.2 Å². The number of amides is 4. The van der Waals surface area contributed by atoms with Crippen molar-refractivity contribution in [3.05, 3.63) is 118 Å². The van der Waals surface area contributed by atoms with E-state index in [2.05, 4.69) is 21.3 Å². The van der Waals surface area contributed by atoms with E-state index in [9.17, 15) is 29.1 Å². The van der Waals surface area contributed by atoms with Crippen molar-refractivity contribution < 1.29 is 38.6 Å². The minimum absolute atomic E-state index is 0.0168. The van der Waals surface area contributed by atoms with E-state index in [1.807, 2.05) is 23.6 Å². The fourth-order valence-corrected chi connectivity index (χ4v) is 6.25. The highest BCUT2D eigenvalue weighted by molar-refractivity contribution is 7.09. The molecule has 4 amide bonds. The Hall–Kier alpha value is -5.69. The van der Waals surface area contributed by atoms with Gasteiger partial charge in [0.15, 0.2) is 6.61 Å². The first kappa shape index (κ1) is 35.6. The Morgan fingerprint density at radius 3 is 2.04 bits per heavy atom. The zero-order valence-corrected chi connectivity index (χ0v) is 28.1. The molecule has 0 saturated heterocycles. The molecule has 6 rings (SSSR count). The molecule has 1 aromatic heterocycles. The molecule has 2 aliphatic heterocycles. The molecule has 3 aromatic carbocycles. The highest BCUT2D eigenvalue weighted by atomic mass is 32.1. The van der Waals surface area contributed by atoms with Gasteiger partial charge < -0.3 is 35.8 Å². The van der Waals surface area contributed by atoms with E-state index in [0.717, 1.165) is 10.4 Å². The predicted molar refractivity (Wildman–Crippen MR) is 186 cm³/mol. The summed E-state index contributed by atoms with van der Waals surface area (Å²) >= 11 is 1.42. The summed E-state index contributed by atoms with van der Waals surface area (Å²) in [6.45, 7) is -0.393. The van der Waals surface area contributed by atoms with Gasteiger partial charge in [-0.15, -0.1) is 11.3 Å². The van der Waals surface area contributed by atoms with Crippen LogP contribution in [0.5, 0.6) is 11.5 Å². The summed E-state index contributed by atoms with van der Waals surface area (Å²) in [5.41, 5.74) is 1.98. The van der Waals surface area contributed by atoms with Gasteiger partial charge in [0.1, 0.15) is 35.7 Å². The van der Waals surface area contributed by atoms with Gasteiger partial charge in [0.25, 0.3) is 5.91 Å². The first-order valence-electron chi connectivity index (χ1n) is 16.0. The number of carbonyl (C=O) groups is 5. The second-order valence-electron chi connectivity index (χ2n) is 11.8. The predicted octanol–water partition coefficient (Wildman–Crippen LogP) is 2.44. The molecule has 13 heteroatoms. The van der Waals surface area contributed by atoms with Crippen molar-refractivity contribution in [2.45, 2.75) is 49.9 Å². The van der Waals surface area contributed by atoms with Gasteiger partial charge in [-0.05, 0) is 52.4 Å². The number of hydrogen-bond acceptors (Lipinski definition) is 8. The Morgan fingerprint density at radius 1 is 0.760 bits per heavy atom. The Bertz CT molecular complexity index is 1780. The molecule has 5 N–H and O–H groups in total. The lowest BCUT2D eigenvalue weighted by atomic mass is 10.0. The van der Waals surface area contributed by atoms with Gasteiger partial charge in [0.2, 0.25) is 17.7 Å². The second kappa shape index (κ2) is 17.1. The van der Waals surface area contributed by atoms with Crippen LogP contribution >= 0.6 is 11.3 Å². The van der Waals surface area contributed by atoms with Crippen molar-refractivity contribution in [3.8, 4) is 11.5 Å². The third kappa shape index (κ3) is 10.2. The summed E-state index contributed by atoms with van der Waals surface area (Å²) in [5.74, 6) is -2.92. The van der Waals surface area contributed by atoms with Gasteiger partial charge in [0, 0.05) is 30.6 Å². The fraction of sp³-hybridized carbons (Fsp3) is 0.270. The molecule has 12 nitrogen and oxygen atoms in total. The smallest absolute Gasteiger partial charge is 0.326 e. The molecular formula is C37H38N4O8S. The molecule has 2 aliphatic rings. The molecule has 0 spiro atoms. The van der Waals surface area contributed by atoms with Gasteiger partial charge >= 0.3 is 5.97 Å². The summed E-state index contributed by atoms with van der Waals surface area (Å²) < 4.78 is 11.0. The number of carbonyl (C=O) groups excluding carboxylic acids is 4. The molecule has 0 aliphatic carbocycles. The largest absolute Gasteiger partial charge is 0.497 e. The number of carboxylic acid groups (broad SMARTS) is 1. The second-order valence-corrected chi connectivity index (χ2v) is 12.8. The number of carboxylic acids is 1. The minimum atomic E-state index is -1.32. The number of fused-ring (bicyclic) bond motifs is 16. The van der Waals surface area contributed by atoms with Crippen LogP contribution in [0.25, 0.3) is 0 Å². The van der Waals surface area contributed by atoms with Crippen LogP contribution < -0.4 is 30.7 Å². The first-order valence-corrected chi connectivity index (χ1v) is 16.9. The highest BCUT2D eigenvalue weighted by Gasteiger charge is 2.32. The molecule has 0 saturated carbocycles. The van der Waals surface area contributed by atoms with Crippen LogP contribution in [0.4, 0.5) is 0 Å². The van der Waals surface area contributed by atoms with Crippen molar-refractivity contribution in [3.63, 3.8) is 0 Å². The molecular weight excluding hydrogens is 660 g/mol. The van der Waals surface area contributed by atoms with Crippen LogP contribution in [0, 0.1) is 0 Å². The lowest BCUT2D eigenvalue weighted by Crippen LogP contribution is -2.59. The lowest BCUT2D eigenvalue weighted by Gasteiger charge is -2.26. The Morgan fingerprint density at radius 2 is 1.40 bits per heavy atom. The summed E-state index contributed by atoms with van der Waals surface area (Å²) in [5, 5.41) is 22.8. The number of benzene rings is 3. The number of ether oxygens (including phenoxy) is 2. The summed E-state index contributed by atoms with van der Waals surface area (Å²) in [6.07, 6.45) is 0.177. The van der Waals surface area contributed by atoms with E-state index in [1.165, 1.54) is 18.4 Å². The number of hydrogen-bond donors (Lipinski definition) is 5. The molecule has 3 heterocycles. The SMILES string of the molecule is COc1cccc(C[C@@H]2NC(=O)[C@H](Cc3cccs3)NC(=O)COc3ccc(cc3)C[C@@H](C(=O)O)NC(=O)[C@H](Cc3ccccc3)NC2=O)c1. The summed E-state index contributed by atoms with van der Waals surface area (Å²) in [7, 11) is 1.51. The van der Waals surface area contributed by atoms with E-state index in [0.29, 0.717) is 22.6 Å². The zero-order chi connectivity index (χ0) is 35.5. The summed E-state index contributed by atoms with van der Waals surface area (Å²) in [6, 6.07) is 21.4. The van der Waals surface area contributed by atoms with Gasteiger partial charge in [0.05, 0.1) is 7.11 Å². The maximum atomic E-state index is 14.1. The third-order valence-electron chi connectivity index (χ3n) is 8.11. The van der Waals surface area contributed by atoms with Crippen molar-refractivity contribution >= 4 is 40.9 Å². The number of methoxy groups -OCH3 is 1. The standard InChI is InChI=1S/C37H38N4O8S/c1-48-27-10-5-9-25(17-27)20-30-34(43)39-29(18-23-7-3-2-4-8-23)35(44)41-32(37(46)47)19-24-12-14-26(15-13-24)49-22-33(42)38-31(36(45)40-30)21-28-11-6-16-50-28/h2-17,29-32H,18-22H2,1H3,(H,38,42)(H,39,43)(H,40,45)(H,41,44)(H,46,47)/t29-,30-,31-,32-/m0/s1. The topological polar surface area (TPSA) is 172 Å². The number of rotatable bonds is 8. The van der Waals surface area contributed by atoms with E-state index in [4.69, 9.17) is 9.47 Å². The van der Waals surface area contributed by atoms with Crippen molar-refractivity contribution in [2.75, 3.05) is 13.7 Å². The quantitative estimate of drug-likeness (QED) is 0.175. The lowest BCUT2D eigenvalue weighted by molar-refractivity contribution is -0.142. The Balaban J connectivity index is 1.51. The molecule has 4 aromatic rings. The monoisotopic (exact) mass is 698 g/mol. The van der Waals surface area contributed by atoms with Crippen LogP contribution in [-0.4, -0.2) is 72.6 Å². The first-order chi connectivity index (χ1) is 24.2. The molecule has 260 valence electrons. The van der Waals surface area contributed by atoms with Gasteiger partial charge in [-0.2, -0.15) is 0 Å². The Kier molecular flexibility index (Phi) is 12.2. The molecule has 0 unspecified atom stereocenters. The van der Waals surface area contributed by atoms with Crippen LogP contribution in [-0.2, 0) is 49.7 Å². The van der Waals surface area contributed by atoms with Crippen molar-refractivity contribution in [1.82, 2.24) is 21.3 Å². The average Bonchev–Trinajstić information content (AvgIpc) is 3.63. The maximum Gasteiger partial charge on any atom is 0.326 e. The summed E-state index contributed by atoms with van der Waals surface area (Å²) in [4.78, 5) is 68.1. The van der Waals surface area contributed by atoms with Crippen LogP contribution in [0.2, 0.25) is 0 Å². The normalized spacial score (nSPS) is 20.5. The zero-order valence-electron chi connectivity index (χ0n) is 27.3. The van der Waals surface area contributed by atoms with E-state index < -0.39 is 60.4 Å². The fourth-order valence-electron chi connectivity index (χ4n) is 5.50. The van der Waals surface area contributed by atoms with E-state index in [1.54, 1.807) is 72.8 Å². The van der Waals surface area contributed by atoms with E-state index >= 15 is 0 Å². The molecule has 50 heavy (non-hydrogen) atoms. The maximum absolute atomic E-state index is 14.1. The van der Waals surface area contributed by atoms with Gasteiger partial charge in [-0.25, -0.2) is 4.79 Å². The van der Waals surface area contributed by atoms with E-state index in [-0.39, 0.29) is 25.7 Å². The van der Waals surface area contributed by atoms with Crippen LogP contribution in [0.1, 0.15) is 21.6 Å². The third-order valence-corrected chi connectivity index (χ3v) is 9.01. The highest BCUT2D eigenvalue weighted by Crippen LogP contribution is 2.17. The average molecular weight is 699 g/mol. The number of aliphatic carboxylic acids is 1. The molecule has 0 fully saturated rings. The minimum Gasteiger partial charge on any atom is -0.497 e. The van der Waals surface area contributed by atoms with Crippen LogP contribution in [0.15, 0.2) is 96.4 Å². The molecule has 0 radical (unpaired) electrons. The molecule has 4 atom stereocenters. The molecule has 2 bridgehead atoms. The van der Waals surface area contributed by atoms with Crippen LogP contribution in [0.3, 0.4) is 0 Å². The van der Waals surface area contributed by atoms with Crippen molar-refractivity contribution in [1.29, 1.82) is 0 Å². The Labute approximate surface area is 293 Å².